The van der Waals surface area contributed by atoms with Gasteiger partial charge in [0.25, 0.3) is 15.5 Å². The molecule has 1 aromatic heterocycles. The molecule has 0 aliphatic heterocycles. The lowest BCUT2D eigenvalue weighted by Crippen LogP contribution is -2.04. The van der Waals surface area contributed by atoms with E-state index in [2.05, 4.69) is 25.7 Å². The number of aromatic nitrogens is 1. The number of ether oxygens (including phenoxy) is 1. The maximum atomic E-state index is 12.6. The number of hydrogen-bond acceptors (Lipinski definition) is 4. The zero-order valence-electron chi connectivity index (χ0n) is 7.75. The van der Waals surface area contributed by atoms with Gasteiger partial charge in [-0.05, 0) is 22.0 Å². The van der Waals surface area contributed by atoms with E-state index >= 15 is 0 Å². The summed E-state index contributed by atoms with van der Waals surface area (Å²) < 4.78 is 51.9. The maximum absolute atomic E-state index is 12.6. The monoisotopic (exact) mass is 335 g/mol. The van der Waals surface area contributed by atoms with Gasteiger partial charge in [0, 0.05) is 10.7 Å². The van der Waals surface area contributed by atoms with Gasteiger partial charge in [0.15, 0.2) is 5.75 Å². The first-order valence-corrected chi connectivity index (χ1v) is 6.85. The highest BCUT2D eigenvalue weighted by atomic mass is 79.9. The highest BCUT2D eigenvalue weighted by Gasteiger charge is 2.26. The molecule has 0 saturated heterocycles. The molecule has 0 amide bonds. The van der Waals surface area contributed by atoms with Crippen molar-refractivity contribution in [3.05, 3.63) is 16.2 Å². The fourth-order valence-corrected chi connectivity index (χ4v) is 2.51. The van der Waals surface area contributed by atoms with E-state index in [1.54, 1.807) is 0 Å². The van der Waals surface area contributed by atoms with Gasteiger partial charge in [0.1, 0.15) is 4.60 Å². The van der Waals surface area contributed by atoms with E-state index < -0.39 is 31.8 Å². The Bertz CT molecular complexity index is 509. The molecule has 0 unspecified atom stereocenters. The first kappa shape index (κ1) is 13.6. The minimum absolute atomic E-state index is 0.0668. The predicted octanol–water partition coefficient (Wildman–Crippen LogP) is 2.72. The molecule has 0 aromatic carbocycles. The van der Waals surface area contributed by atoms with Gasteiger partial charge in [0.05, 0.1) is 12.7 Å². The fraction of sp³-hybridized carbons (Fsp3) is 0.286. The summed E-state index contributed by atoms with van der Waals surface area (Å²) >= 11 is 2.81. The molecule has 16 heavy (non-hydrogen) atoms. The van der Waals surface area contributed by atoms with Crippen molar-refractivity contribution in [2.75, 3.05) is 7.11 Å². The molecule has 0 aliphatic carbocycles. The Morgan fingerprint density at radius 1 is 1.56 bits per heavy atom. The van der Waals surface area contributed by atoms with Crippen molar-refractivity contribution >= 4 is 35.7 Å². The quantitative estimate of drug-likeness (QED) is 0.629. The molecule has 0 atom stereocenters. The Morgan fingerprint density at radius 3 is 2.50 bits per heavy atom. The predicted molar refractivity (Wildman–Crippen MR) is 56.5 cm³/mol. The van der Waals surface area contributed by atoms with Gasteiger partial charge in [-0.3, -0.25) is 0 Å². The fourth-order valence-electron chi connectivity index (χ4n) is 1.03. The number of rotatable bonds is 3. The van der Waals surface area contributed by atoms with E-state index in [0.717, 1.165) is 13.2 Å². The topological polar surface area (TPSA) is 56.3 Å². The van der Waals surface area contributed by atoms with Crippen LogP contribution >= 0.6 is 26.6 Å². The van der Waals surface area contributed by atoms with Gasteiger partial charge < -0.3 is 4.74 Å². The third-order valence-electron chi connectivity index (χ3n) is 1.61. The average molecular weight is 337 g/mol. The third-order valence-corrected chi connectivity index (χ3v) is 3.19. The van der Waals surface area contributed by atoms with Crippen molar-refractivity contribution in [2.45, 2.75) is 11.5 Å². The van der Waals surface area contributed by atoms with Crippen molar-refractivity contribution in [1.82, 2.24) is 4.98 Å². The molecule has 1 heterocycles. The molecule has 0 fully saturated rings. The summed E-state index contributed by atoms with van der Waals surface area (Å²) in [6.07, 6.45) is -2.90. The Hall–Kier alpha value is -0.470. The van der Waals surface area contributed by atoms with Gasteiger partial charge in [0.2, 0.25) is 5.03 Å². The van der Waals surface area contributed by atoms with Crippen molar-refractivity contribution in [3.8, 4) is 5.75 Å². The van der Waals surface area contributed by atoms with Crippen LogP contribution in [0, 0.1) is 0 Å². The Labute approximate surface area is 103 Å². The molecule has 0 bridgehead atoms. The van der Waals surface area contributed by atoms with Crippen LogP contribution in [0.15, 0.2) is 15.7 Å². The third kappa shape index (κ3) is 2.80. The van der Waals surface area contributed by atoms with E-state index in [1.165, 1.54) is 0 Å². The molecular weight excluding hydrogens is 332 g/mol. The smallest absolute Gasteiger partial charge is 0.282 e. The van der Waals surface area contributed by atoms with Crippen LogP contribution in [0.1, 0.15) is 12.0 Å². The highest BCUT2D eigenvalue weighted by molar-refractivity contribution is 9.10. The van der Waals surface area contributed by atoms with E-state index in [9.17, 15) is 17.2 Å². The molecule has 1 aromatic rings. The van der Waals surface area contributed by atoms with Crippen LogP contribution in [-0.2, 0) is 9.05 Å². The van der Waals surface area contributed by atoms with Crippen molar-refractivity contribution in [3.63, 3.8) is 0 Å². The summed E-state index contributed by atoms with van der Waals surface area (Å²) in [6, 6.07) is 0.967. The molecule has 0 aliphatic rings. The number of nitrogens with zero attached hydrogens (tertiary/aromatic N) is 1. The highest BCUT2D eigenvalue weighted by Crippen LogP contribution is 2.36. The van der Waals surface area contributed by atoms with Gasteiger partial charge in [-0.2, -0.15) is 0 Å². The van der Waals surface area contributed by atoms with E-state index in [0.29, 0.717) is 0 Å². The number of alkyl halides is 2. The van der Waals surface area contributed by atoms with Crippen LogP contribution in [-0.4, -0.2) is 20.5 Å². The molecule has 4 nitrogen and oxygen atoms in total. The van der Waals surface area contributed by atoms with Gasteiger partial charge in [-0.25, -0.2) is 22.2 Å². The van der Waals surface area contributed by atoms with Gasteiger partial charge >= 0.3 is 0 Å². The standard InChI is InChI=1S/C7H5BrClF2NO3S/c1-15-5-3(6(10)11)2-4(8)12-7(5)16(9,13)14/h2,6H,1H3. The summed E-state index contributed by atoms with van der Waals surface area (Å²) in [5.74, 6) is -0.548. The maximum Gasteiger partial charge on any atom is 0.282 e. The van der Waals surface area contributed by atoms with Crippen LogP contribution in [0.25, 0.3) is 0 Å². The lowest BCUT2D eigenvalue weighted by molar-refractivity contribution is 0.146. The lowest BCUT2D eigenvalue weighted by atomic mass is 10.2. The van der Waals surface area contributed by atoms with Crippen LogP contribution < -0.4 is 4.74 Å². The van der Waals surface area contributed by atoms with Gasteiger partial charge in [-0.15, -0.1) is 0 Å². The summed E-state index contributed by atoms with van der Waals surface area (Å²) in [5, 5.41) is -0.735. The first-order chi connectivity index (χ1) is 7.27. The molecule has 0 saturated carbocycles. The summed E-state index contributed by atoms with van der Waals surface area (Å²) in [7, 11) is 1.86. The van der Waals surface area contributed by atoms with E-state index in [-0.39, 0.29) is 4.60 Å². The second kappa shape index (κ2) is 4.80. The van der Waals surface area contributed by atoms with E-state index in [4.69, 9.17) is 10.7 Å². The van der Waals surface area contributed by atoms with E-state index in [1.807, 2.05) is 0 Å². The summed E-state index contributed by atoms with van der Waals surface area (Å²) in [4.78, 5) is 3.50. The molecule has 9 heteroatoms. The Kier molecular flexibility index (Phi) is 4.08. The zero-order chi connectivity index (χ0) is 12.5. The molecule has 90 valence electrons. The average Bonchev–Trinajstić information content (AvgIpc) is 2.14. The van der Waals surface area contributed by atoms with Crippen molar-refractivity contribution in [1.29, 1.82) is 0 Å². The summed E-state index contributed by atoms with van der Waals surface area (Å²) in [6.45, 7) is 0. The van der Waals surface area contributed by atoms with Crippen LogP contribution in [0.3, 0.4) is 0 Å². The second-order valence-electron chi connectivity index (χ2n) is 2.61. The molecule has 0 N–H and O–H groups in total. The van der Waals surface area contributed by atoms with Crippen molar-refractivity contribution in [2.24, 2.45) is 0 Å². The summed E-state index contributed by atoms with van der Waals surface area (Å²) in [5.41, 5.74) is -0.594. The zero-order valence-corrected chi connectivity index (χ0v) is 10.9. The number of pyridine rings is 1. The molecular formula is C7H5BrClF2NO3S. The number of methoxy groups -OCH3 is 1. The van der Waals surface area contributed by atoms with Crippen LogP contribution in [0.5, 0.6) is 5.75 Å². The first-order valence-electron chi connectivity index (χ1n) is 3.74. The second-order valence-corrected chi connectivity index (χ2v) is 5.90. The normalized spacial score (nSPS) is 11.9. The minimum atomic E-state index is -4.25. The molecule has 0 radical (unpaired) electrons. The van der Waals surface area contributed by atoms with Crippen LogP contribution in [0.2, 0.25) is 0 Å². The largest absolute Gasteiger partial charge is 0.493 e. The minimum Gasteiger partial charge on any atom is -0.493 e. The van der Waals surface area contributed by atoms with Crippen molar-refractivity contribution < 1.29 is 21.9 Å². The van der Waals surface area contributed by atoms with Gasteiger partial charge in [-0.1, -0.05) is 0 Å². The molecule has 0 spiro atoms. The SMILES string of the molecule is COc1c(C(F)F)cc(Br)nc1S(=O)(=O)Cl. The Balaban J connectivity index is 3.62. The molecule has 1 rings (SSSR count). The number of halogens is 4. The van der Waals surface area contributed by atoms with Crippen LogP contribution in [0.4, 0.5) is 8.78 Å². The lowest BCUT2D eigenvalue weighted by Gasteiger charge is -2.10. The Morgan fingerprint density at radius 2 is 2.12 bits per heavy atom. The number of hydrogen-bond donors (Lipinski definition) is 0.